The van der Waals surface area contributed by atoms with Crippen LogP contribution in [0.3, 0.4) is 0 Å². The van der Waals surface area contributed by atoms with Crippen molar-refractivity contribution in [2.45, 2.75) is 39.3 Å². The lowest BCUT2D eigenvalue weighted by Gasteiger charge is -2.30. The molecule has 0 saturated heterocycles. The smallest absolute Gasteiger partial charge is 0.0477 e. The van der Waals surface area contributed by atoms with Crippen molar-refractivity contribution in [1.82, 2.24) is 10.2 Å². The van der Waals surface area contributed by atoms with Gasteiger partial charge in [0.1, 0.15) is 0 Å². The summed E-state index contributed by atoms with van der Waals surface area (Å²) < 4.78 is 5.30. The fourth-order valence-corrected chi connectivity index (χ4v) is 2.41. The number of ether oxygens (including phenoxy) is 1. The van der Waals surface area contributed by atoms with E-state index in [9.17, 15) is 0 Å². The molecule has 0 spiro atoms. The van der Waals surface area contributed by atoms with E-state index in [1.807, 2.05) is 18.7 Å². The summed E-state index contributed by atoms with van der Waals surface area (Å²) in [5.74, 6) is 1.20. The van der Waals surface area contributed by atoms with Gasteiger partial charge in [-0.05, 0) is 47.0 Å². The van der Waals surface area contributed by atoms with Gasteiger partial charge < -0.3 is 10.1 Å². The Hall–Kier alpha value is 0.230. The molecule has 2 atom stereocenters. The van der Waals surface area contributed by atoms with E-state index in [1.54, 1.807) is 0 Å². The fourth-order valence-electron chi connectivity index (χ4n) is 1.69. The maximum absolute atomic E-state index is 5.30. The Bertz CT molecular complexity index is 169. The number of thioether (sulfide) groups is 1. The van der Waals surface area contributed by atoms with Crippen LogP contribution in [0, 0.1) is 0 Å². The number of hydrogen-bond acceptors (Lipinski definition) is 4. The van der Waals surface area contributed by atoms with Crippen LogP contribution in [-0.2, 0) is 4.74 Å². The van der Waals surface area contributed by atoms with Gasteiger partial charge in [-0.25, -0.2) is 0 Å². The maximum atomic E-state index is 5.30. The van der Waals surface area contributed by atoms with Crippen LogP contribution in [0.4, 0.5) is 0 Å². The Morgan fingerprint density at radius 3 is 2.59 bits per heavy atom. The van der Waals surface area contributed by atoms with Gasteiger partial charge >= 0.3 is 0 Å². The Kier molecular flexibility index (Phi) is 11.5. The fraction of sp³-hybridized carbons (Fsp3) is 1.00. The van der Waals surface area contributed by atoms with Crippen LogP contribution in [0.25, 0.3) is 0 Å². The largest absolute Gasteiger partial charge is 0.382 e. The van der Waals surface area contributed by atoms with Crippen LogP contribution >= 0.6 is 11.8 Å². The van der Waals surface area contributed by atoms with Gasteiger partial charge in [0, 0.05) is 37.6 Å². The van der Waals surface area contributed by atoms with Crippen LogP contribution in [0.2, 0.25) is 0 Å². The predicted molar refractivity (Wildman–Crippen MR) is 79.0 cm³/mol. The summed E-state index contributed by atoms with van der Waals surface area (Å²) in [5.41, 5.74) is 0. The molecule has 0 saturated carbocycles. The first-order chi connectivity index (χ1) is 8.13. The molecule has 0 fully saturated rings. The van der Waals surface area contributed by atoms with Crippen molar-refractivity contribution in [2.24, 2.45) is 0 Å². The quantitative estimate of drug-likeness (QED) is 0.576. The zero-order valence-electron chi connectivity index (χ0n) is 12.2. The van der Waals surface area contributed by atoms with E-state index >= 15 is 0 Å². The molecule has 0 aromatic rings. The van der Waals surface area contributed by atoms with Crippen molar-refractivity contribution in [3.05, 3.63) is 0 Å². The summed E-state index contributed by atoms with van der Waals surface area (Å²) in [7, 11) is 2.22. The standard InChI is InChI=1S/C13H30N2OS/c1-6-16-9-7-8-14-10-12(2)15(4)13(3)11-17-5/h12-14H,6-11H2,1-5H3. The summed E-state index contributed by atoms with van der Waals surface area (Å²) in [4.78, 5) is 2.45. The molecule has 0 heterocycles. The second kappa shape index (κ2) is 11.3. The highest BCUT2D eigenvalue weighted by Crippen LogP contribution is 2.06. The van der Waals surface area contributed by atoms with Gasteiger partial charge in [0.15, 0.2) is 0 Å². The molecule has 2 unspecified atom stereocenters. The molecule has 0 amide bonds. The van der Waals surface area contributed by atoms with Crippen molar-refractivity contribution in [3.63, 3.8) is 0 Å². The van der Waals surface area contributed by atoms with Crippen LogP contribution in [0.15, 0.2) is 0 Å². The maximum Gasteiger partial charge on any atom is 0.0477 e. The zero-order valence-corrected chi connectivity index (χ0v) is 13.0. The van der Waals surface area contributed by atoms with Crippen LogP contribution in [0.5, 0.6) is 0 Å². The molecule has 0 aromatic heterocycles. The first-order valence-corrected chi connectivity index (χ1v) is 8.02. The molecule has 0 rings (SSSR count). The molecule has 0 aliphatic carbocycles. The number of nitrogens with one attached hydrogen (secondary N) is 1. The van der Waals surface area contributed by atoms with E-state index in [-0.39, 0.29) is 0 Å². The van der Waals surface area contributed by atoms with Crippen LogP contribution in [0.1, 0.15) is 27.2 Å². The molecule has 0 bridgehead atoms. The predicted octanol–water partition coefficient (Wildman–Crippen LogP) is 2.07. The Morgan fingerprint density at radius 2 is 2.00 bits per heavy atom. The third kappa shape index (κ3) is 8.89. The second-order valence-corrected chi connectivity index (χ2v) is 5.48. The van der Waals surface area contributed by atoms with Crippen molar-refractivity contribution in [1.29, 1.82) is 0 Å². The molecule has 17 heavy (non-hydrogen) atoms. The van der Waals surface area contributed by atoms with Crippen molar-refractivity contribution in [2.75, 3.05) is 45.4 Å². The van der Waals surface area contributed by atoms with Gasteiger partial charge in [-0.15, -0.1) is 0 Å². The van der Waals surface area contributed by atoms with E-state index in [1.165, 1.54) is 5.75 Å². The number of rotatable bonds is 11. The minimum absolute atomic E-state index is 0.587. The number of nitrogens with zero attached hydrogens (tertiary/aromatic N) is 1. The topological polar surface area (TPSA) is 24.5 Å². The van der Waals surface area contributed by atoms with Gasteiger partial charge in [-0.2, -0.15) is 11.8 Å². The molecule has 104 valence electrons. The molecule has 3 nitrogen and oxygen atoms in total. The third-order valence-corrected chi connectivity index (χ3v) is 3.90. The zero-order chi connectivity index (χ0) is 13.1. The monoisotopic (exact) mass is 262 g/mol. The first-order valence-electron chi connectivity index (χ1n) is 6.62. The van der Waals surface area contributed by atoms with Gasteiger partial charge in [-0.3, -0.25) is 4.90 Å². The number of hydrogen-bond donors (Lipinski definition) is 1. The molecule has 4 heteroatoms. The minimum atomic E-state index is 0.587. The van der Waals surface area contributed by atoms with E-state index < -0.39 is 0 Å². The summed E-state index contributed by atoms with van der Waals surface area (Å²) in [6.45, 7) is 10.4. The lowest BCUT2D eigenvalue weighted by molar-refractivity contribution is 0.143. The highest BCUT2D eigenvalue weighted by molar-refractivity contribution is 7.98. The van der Waals surface area contributed by atoms with Crippen LogP contribution < -0.4 is 5.32 Å². The molecule has 1 N–H and O–H groups in total. The molecular formula is C13H30N2OS. The Morgan fingerprint density at radius 1 is 1.29 bits per heavy atom. The molecular weight excluding hydrogens is 232 g/mol. The Labute approximate surface area is 112 Å². The van der Waals surface area contributed by atoms with Crippen molar-refractivity contribution in [3.8, 4) is 0 Å². The van der Waals surface area contributed by atoms with Crippen molar-refractivity contribution >= 4 is 11.8 Å². The minimum Gasteiger partial charge on any atom is -0.382 e. The van der Waals surface area contributed by atoms with Gasteiger partial charge in [0.2, 0.25) is 0 Å². The average Bonchev–Trinajstić information content (AvgIpc) is 2.32. The van der Waals surface area contributed by atoms with E-state index in [0.29, 0.717) is 12.1 Å². The summed E-state index contributed by atoms with van der Waals surface area (Å²) >= 11 is 1.91. The average molecular weight is 262 g/mol. The Balaban J connectivity index is 3.53. The molecule has 0 aliphatic rings. The first kappa shape index (κ1) is 17.2. The molecule has 0 aliphatic heterocycles. The van der Waals surface area contributed by atoms with Gasteiger partial charge in [-0.1, -0.05) is 0 Å². The SMILES string of the molecule is CCOCCCNCC(C)N(C)C(C)CSC. The van der Waals surface area contributed by atoms with Crippen LogP contribution in [-0.4, -0.2) is 62.3 Å². The number of likely N-dealkylation sites (N-methyl/N-ethyl adjacent to an activating group) is 1. The second-order valence-electron chi connectivity index (χ2n) is 4.57. The van der Waals surface area contributed by atoms with E-state index in [4.69, 9.17) is 4.74 Å². The van der Waals surface area contributed by atoms with E-state index in [0.717, 1.165) is 32.7 Å². The van der Waals surface area contributed by atoms with Gasteiger partial charge in [0.25, 0.3) is 0 Å². The molecule has 0 radical (unpaired) electrons. The highest BCUT2D eigenvalue weighted by atomic mass is 32.2. The summed E-state index contributed by atoms with van der Waals surface area (Å²) in [6, 6.07) is 1.23. The molecule has 0 aromatic carbocycles. The normalized spacial score (nSPS) is 15.2. The lowest BCUT2D eigenvalue weighted by atomic mass is 10.2. The third-order valence-electron chi connectivity index (χ3n) is 3.08. The van der Waals surface area contributed by atoms with E-state index in [2.05, 4.69) is 37.4 Å². The highest BCUT2D eigenvalue weighted by Gasteiger charge is 2.14. The summed E-state index contributed by atoms with van der Waals surface area (Å²) in [6.07, 6.45) is 3.27. The lowest BCUT2D eigenvalue weighted by Crippen LogP contribution is -2.43. The van der Waals surface area contributed by atoms with Gasteiger partial charge in [0.05, 0.1) is 0 Å². The van der Waals surface area contributed by atoms with Crippen molar-refractivity contribution < 1.29 is 4.74 Å². The summed E-state index contributed by atoms with van der Waals surface area (Å²) in [5, 5.41) is 3.49.